The van der Waals surface area contributed by atoms with Crippen molar-refractivity contribution in [2.75, 3.05) is 0 Å². The van der Waals surface area contributed by atoms with E-state index in [1.54, 1.807) is 0 Å². The molecule has 134 valence electrons. The Labute approximate surface area is 168 Å². The Bertz CT molecular complexity index is 974. The van der Waals surface area contributed by atoms with Crippen LogP contribution in [0.4, 0.5) is 0 Å². The molecule has 0 saturated heterocycles. The van der Waals surface area contributed by atoms with E-state index in [9.17, 15) is 0 Å². The van der Waals surface area contributed by atoms with Crippen LogP contribution in [0.5, 0.6) is 0 Å². The van der Waals surface area contributed by atoms with Gasteiger partial charge < -0.3 is 0 Å². The van der Waals surface area contributed by atoms with E-state index >= 15 is 0 Å². The first-order chi connectivity index (χ1) is 13.3. The lowest BCUT2D eigenvalue weighted by molar-refractivity contribution is 0.748. The highest BCUT2D eigenvalue weighted by Gasteiger charge is 2.29. The van der Waals surface area contributed by atoms with Crippen LogP contribution in [0.1, 0.15) is 6.92 Å². The van der Waals surface area contributed by atoms with Crippen molar-refractivity contribution in [3.8, 4) is 11.1 Å². The van der Waals surface area contributed by atoms with Crippen molar-refractivity contribution >= 4 is 31.2 Å². The van der Waals surface area contributed by atoms with Crippen LogP contribution in [0, 0.1) is 5.92 Å². The maximum atomic E-state index is 4.74. The van der Waals surface area contributed by atoms with Crippen LogP contribution in [-0.2, 0) is 0 Å². The van der Waals surface area contributed by atoms with Crippen molar-refractivity contribution < 1.29 is 0 Å². The zero-order valence-electron chi connectivity index (χ0n) is 15.4. The summed E-state index contributed by atoms with van der Waals surface area (Å²) in [6, 6.07) is 28.3. The first kappa shape index (κ1) is 18.3. The van der Waals surface area contributed by atoms with Gasteiger partial charge in [0, 0.05) is 10.6 Å². The third-order valence-electron chi connectivity index (χ3n) is 5.06. The lowest BCUT2D eigenvalue weighted by Gasteiger charge is -2.32. The first-order valence-corrected chi connectivity index (χ1v) is 11.2. The molecule has 27 heavy (non-hydrogen) atoms. The molecule has 3 unspecified atom stereocenters. The average molecular weight is 387 g/mol. The number of allylic oxidation sites excluding steroid dienone is 4. The van der Waals surface area contributed by atoms with Gasteiger partial charge in [-0.2, -0.15) is 0 Å². The summed E-state index contributed by atoms with van der Waals surface area (Å²) in [5, 5.41) is 2.85. The van der Waals surface area contributed by atoms with Crippen LogP contribution in [0.15, 0.2) is 108 Å². The normalized spacial score (nSPS) is 19.8. The van der Waals surface area contributed by atoms with Crippen molar-refractivity contribution in [1.82, 2.24) is 0 Å². The van der Waals surface area contributed by atoms with E-state index in [2.05, 4.69) is 104 Å². The van der Waals surface area contributed by atoms with E-state index in [0.717, 1.165) is 4.90 Å². The van der Waals surface area contributed by atoms with E-state index in [1.807, 2.05) is 6.07 Å². The predicted molar refractivity (Wildman–Crippen MR) is 123 cm³/mol. The van der Waals surface area contributed by atoms with Crippen LogP contribution in [0.2, 0.25) is 0 Å². The second-order valence-electron chi connectivity index (χ2n) is 6.86. The predicted octanol–water partition coefficient (Wildman–Crippen LogP) is 6.21. The quantitative estimate of drug-likeness (QED) is 0.400. The number of thiol groups is 1. The molecule has 2 heteroatoms. The highest BCUT2D eigenvalue weighted by Crippen LogP contribution is 2.47. The molecule has 3 aromatic rings. The fourth-order valence-corrected chi connectivity index (χ4v) is 6.96. The van der Waals surface area contributed by atoms with Gasteiger partial charge in [-0.15, -0.1) is 12.6 Å². The summed E-state index contributed by atoms with van der Waals surface area (Å²) in [5.41, 5.74) is 3.00. The second-order valence-corrected chi connectivity index (χ2v) is 9.68. The maximum Gasteiger partial charge on any atom is 0.0119 e. The van der Waals surface area contributed by atoms with Crippen molar-refractivity contribution in [1.29, 1.82) is 0 Å². The molecule has 0 N–H and O–H groups in total. The lowest BCUT2D eigenvalue weighted by Crippen LogP contribution is -2.26. The highest BCUT2D eigenvalue weighted by molar-refractivity contribution is 7.80. The van der Waals surface area contributed by atoms with Crippen molar-refractivity contribution in [2.45, 2.75) is 17.5 Å². The van der Waals surface area contributed by atoms with Crippen LogP contribution < -0.4 is 10.6 Å². The minimum atomic E-state index is -0.537. The van der Waals surface area contributed by atoms with Gasteiger partial charge in [0.1, 0.15) is 0 Å². The number of hydrogen-bond donors (Lipinski definition) is 1. The molecule has 0 saturated carbocycles. The number of rotatable bonds is 4. The monoisotopic (exact) mass is 386 g/mol. The molecule has 0 fully saturated rings. The molecule has 3 atom stereocenters. The largest absolute Gasteiger partial charge is 0.143 e. The summed E-state index contributed by atoms with van der Waals surface area (Å²) in [5.74, 6) is 0.514. The average Bonchev–Trinajstić information content (AvgIpc) is 2.71. The minimum Gasteiger partial charge on any atom is -0.143 e. The van der Waals surface area contributed by atoms with Gasteiger partial charge in [-0.3, -0.25) is 0 Å². The zero-order chi connectivity index (χ0) is 18.6. The summed E-state index contributed by atoms with van der Waals surface area (Å²) in [6.07, 6.45) is 9.11. The summed E-state index contributed by atoms with van der Waals surface area (Å²) in [4.78, 5) is 1.03. The van der Waals surface area contributed by atoms with E-state index in [0.29, 0.717) is 11.6 Å². The first-order valence-electron chi connectivity index (χ1n) is 9.32. The topological polar surface area (TPSA) is 0 Å². The van der Waals surface area contributed by atoms with Gasteiger partial charge in [-0.1, -0.05) is 104 Å². The Balaban J connectivity index is 1.91. The molecule has 0 spiro atoms. The Morgan fingerprint density at radius 3 is 2.07 bits per heavy atom. The molecule has 0 nitrogen and oxygen atoms in total. The Morgan fingerprint density at radius 1 is 0.704 bits per heavy atom. The summed E-state index contributed by atoms with van der Waals surface area (Å²) in [6.45, 7) is 2.33. The Kier molecular flexibility index (Phi) is 5.62. The summed E-state index contributed by atoms with van der Waals surface area (Å²) >= 11 is 4.74. The van der Waals surface area contributed by atoms with Gasteiger partial charge in [0.15, 0.2) is 0 Å². The Morgan fingerprint density at radius 2 is 1.33 bits per heavy atom. The van der Waals surface area contributed by atoms with Crippen LogP contribution in [0.25, 0.3) is 11.1 Å². The Hall–Kier alpha value is -2.08. The molecule has 4 rings (SSSR count). The van der Waals surface area contributed by atoms with E-state index < -0.39 is 7.92 Å². The molecule has 1 aliphatic carbocycles. The number of hydrogen-bond acceptors (Lipinski definition) is 1. The van der Waals surface area contributed by atoms with Gasteiger partial charge >= 0.3 is 0 Å². The molecule has 0 heterocycles. The molecule has 1 aliphatic rings. The molecular weight excluding hydrogens is 363 g/mol. The standard InChI is InChI=1S/C25H23PS/c1-19-11-5-8-16-23(19)26(20-12-3-2-4-13-20)24-17-9-6-14-21(24)22-15-7-10-18-25(22)27/h2-19,23,27H,1H3. The third kappa shape index (κ3) is 3.81. The van der Waals surface area contributed by atoms with Gasteiger partial charge in [-0.05, 0) is 41.6 Å². The SMILES string of the molecule is CC1C=CC=CC1P(c1ccccc1)c1ccccc1-c1ccccc1S. The zero-order valence-corrected chi connectivity index (χ0v) is 17.2. The van der Waals surface area contributed by atoms with E-state index in [1.165, 1.54) is 21.7 Å². The van der Waals surface area contributed by atoms with Crippen LogP contribution in [0.3, 0.4) is 0 Å². The molecule has 0 amide bonds. The number of benzene rings is 3. The summed E-state index contributed by atoms with van der Waals surface area (Å²) in [7, 11) is -0.537. The molecular formula is C25H23PS. The second kappa shape index (κ2) is 8.30. The van der Waals surface area contributed by atoms with Crippen LogP contribution >= 0.6 is 20.6 Å². The maximum absolute atomic E-state index is 4.74. The molecule has 0 bridgehead atoms. The molecule has 0 aromatic heterocycles. The van der Waals surface area contributed by atoms with Gasteiger partial charge in [0.25, 0.3) is 0 Å². The van der Waals surface area contributed by atoms with E-state index in [4.69, 9.17) is 12.6 Å². The van der Waals surface area contributed by atoms with Gasteiger partial charge in [0.05, 0.1) is 0 Å². The smallest absolute Gasteiger partial charge is 0.0119 e. The summed E-state index contributed by atoms with van der Waals surface area (Å²) < 4.78 is 0. The van der Waals surface area contributed by atoms with E-state index in [-0.39, 0.29) is 0 Å². The van der Waals surface area contributed by atoms with Gasteiger partial charge in [0.2, 0.25) is 0 Å². The van der Waals surface area contributed by atoms with Crippen molar-refractivity contribution in [3.05, 3.63) is 103 Å². The fourth-order valence-electron chi connectivity index (χ4n) is 3.70. The van der Waals surface area contributed by atoms with Crippen LogP contribution in [-0.4, -0.2) is 5.66 Å². The van der Waals surface area contributed by atoms with Crippen molar-refractivity contribution in [3.63, 3.8) is 0 Å². The lowest BCUT2D eigenvalue weighted by atomic mass is 10.0. The van der Waals surface area contributed by atoms with Gasteiger partial charge in [-0.25, -0.2) is 0 Å². The molecule has 3 aromatic carbocycles. The fraction of sp³-hybridized carbons (Fsp3) is 0.120. The third-order valence-corrected chi connectivity index (χ3v) is 8.46. The molecule has 0 aliphatic heterocycles. The van der Waals surface area contributed by atoms with Crippen molar-refractivity contribution in [2.24, 2.45) is 5.92 Å². The molecule has 0 radical (unpaired) electrons. The minimum absolute atomic E-state index is 0.487. The highest BCUT2D eigenvalue weighted by atomic mass is 32.1.